The maximum Gasteiger partial charge on any atom is 0.212 e. The largest absolute Gasteiger partial charge is 0.507 e. The molecule has 8 heteroatoms. The number of aromatic hydroxyl groups is 1. The van der Waals surface area contributed by atoms with Crippen LogP contribution in [0.25, 0.3) is 22.4 Å². The molecular formula is C28H31N5O3. The highest BCUT2D eigenvalue weighted by Gasteiger charge is 2.17. The van der Waals surface area contributed by atoms with E-state index in [4.69, 9.17) is 0 Å². The molecule has 3 aromatic rings. The third kappa shape index (κ3) is 6.90. The predicted octanol–water partition coefficient (Wildman–Crippen LogP) is 4.66. The fraction of sp³-hybridized carbons (Fsp3) is 0.286. The minimum Gasteiger partial charge on any atom is -0.507 e. The van der Waals surface area contributed by atoms with E-state index in [1.54, 1.807) is 30.3 Å². The molecular weight excluding hydrogens is 454 g/mol. The van der Waals surface area contributed by atoms with Gasteiger partial charge in [-0.15, -0.1) is 0 Å². The lowest BCUT2D eigenvalue weighted by molar-refractivity contribution is -0.108. The van der Waals surface area contributed by atoms with Crippen LogP contribution in [0.2, 0.25) is 0 Å². The first-order valence-corrected chi connectivity index (χ1v) is 12.0. The molecule has 0 spiro atoms. The second kappa shape index (κ2) is 13.6. The summed E-state index contributed by atoms with van der Waals surface area (Å²) in [7, 11) is 1.81. The number of carbonyl (C=O) groups excluding carboxylic acids is 2. The molecule has 186 valence electrons. The maximum absolute atomic E-state index is 11.0. The van der Waals surface area contributed by atoms with E-state index < -0.39 is 0 Å². The number of rotatable bonds is 8. The van der Waals surface area contributed by atoms with Crippen molar-refractivity contribution < 1.29 is 14.7 Å². The van der Waals surface area contributed by atoms with E-state index in [0.717, 1.165) is 24.1 Å². The van der Waals surface area contributed by atoms with Gasteiger partial charge in [-0.2, -0.15) is 5.26 Å². The van der Waals surface area contributed by atoms with Gasteiger partial charge in [0.15, 0.2) is 5.82 Å². The van der Waals surface area contributed by atoms with Crippen molar-refractivity contribution in [2.24, 2.45) is 0 Å². The molecule has 0 radical (unpaired) electrons. The van der Waals surface area contributed by atoms with Crippen molar-refractivity contribution in [2.75, 3.05) is 37.3 Å². The zero-order valence-corrected chi connectivity index (χ0v) is 20.4. The number of aromatic nitrogens is 1. The second-order valence-corrected chi connectivity index (χ2v) is 8.36. The molecule has 0 atom stereocenters. The summed E-state index contributed by atoms with van der Waals surface area (Å²) in [6, 6.07) is 18.2. The van der Waals surface area contributed by atoms with E-state index in [1.165, 1.54) is 32.4 Å². The molecule has 0 bridgehead atoms. The molecule has 0 saturated carbocycles. The standard InChI is InChI=1S/C20H16N4O2.C8H15NO/c1-22-14-6-4-5-13(9-14)16-10-18(15-7-2-3-8-19(15)26)24-20(23-12-25)17(16)11-21;10-8-4-7-9-5-2-1-3-6-9/h2-10,12,22,26H,1H3,(H,23,24,25);8H,1-7H2. The highest BCUT2D eigenvalue weighted by molar-refractivity contribution is 5.86. The second-order valence-electron chi connectivity index (χ2n) is 8.36. The first-order valence-electron chi connectivity index (χ1n) is 12.0. The van der Waals surface area contributed by atoms with Crippen LogP contribution >= 0.6 is 0 Å². The number of aldehydes is 1. The van der Waals surface area contributed by atoms with Crippen molar-refractivity contribution in [2.45, 2.75) is 25.7 Å². The van der Waals surface area contributed by atoms with Gasteiger partial charge < -0.3 is 25.4 Å². The smallest absolute Gasteiger partial charge is 0.212 e. The van der Waals surface area contributed by atoms with Crippen molar-refractivity contribution in [3.63, 3.8) is 0 Å². The van der Waals surface area contributed by atoms with Crippen LogP contribution in [0.5, 0.6) is 5.75 Å². The summed E-state index contributed by atoms with van der Waals surface area (Å²) < 4.78 is 0. The van der Waals surface area contributed by atoms with Crippen molar-refractivity contribution in [1.82, 2.24) is 9.88 Å². The number of pyridine rings is 1. The fourth-order valence-electron chi connectivity index (χ4n) is 4.13. The van der Waals surface area contributed by atoms with Crippen molar-refractivity contribution in [1.29, 1.82) is 5.26 Å². The molecule has 0 aliphatic carbocycles. The number of likely N-dealkylation sites (tertiary alicyclic amines) is 1. The summed E-state index contributed by atoms with van der Waals surface area (Å²) in [6.07, 6.45) is 6.20. The Bertz CT molecular complexity index is 1220. The normalized spacial score (nSPS) is 13.0. The highest BCUT2D eigenvalue weighted by Crippen LogP contribution is 2.35. The minimum atomic E-state index is 0.0664. The first-order chi connectivity index (χ1) is 17.6. The quantitative estimate of drug-likeness (QED) is 0.397. The Morgan fingerprint density at radius 3 is 2.50 bits per heavy atom. The van der Waals surface area contributed by atoms with E-state index in [9.17, 15) is 20.0 Å². The first kappa shape index (κ1) is 26.4. The Labute approximate surface area is 211 Å². The number of carbonyl (C=O) groups is 2. The zero-order valence-electron chi connectivity index (χ0n) is 20.4. The number of amides is 1. The number of phenols is 1. The number of nitriles is 1. The molecule has 4 rings (SSSR count). The lowest BCUT2D eigenvalue weighted by atomic mass is 9.97. The third-order valence-corrected chi connectivity index (χ3v) is 5.98. The molecule has 1 aliphatic heterocycles. The minimum absolute atomic E-state index is 0.0664. The van der Waals surface area contributed by atoms with Crippen LogP contribution < -0.4 is 10.6 Å². The van der Waals surface area contributed by atoms with E-state index in [2.05, 4.69) is 26.6 Å². The summed E-state index contributed by atoms with van der Waals surface area (Å²) in [4.78, 5) is 27.7. The summed E-state index contributed by atoms with van der Waals surface area (Å²) in [5.74, 6) is 0.213. The van der Waals surface area contributed by atoms with Gasteiger partial charge in [-0.05, 0) is 61.8 Å². The molecule has 1 amide bonds. The number of hydrogen-bond acceptors (Lipinski definition) is 7. The van der Waals surface area contributed by atoms with Crippen molar-refractivity contribution >= 4 is 24.2 Å². The molecule has 2 heterocycles. The number of para-hydroxylation sites is 1. The number of nitrogens with zero attached hydrogens (tertiary/aromatic N) is 3. The predicted molar refractivity (Wildman–Crippen MR) is 142 cm³/mol. The Hall–Kier alpha value is -4.22. The zero-order chi connectivity index (χ0) is 25.8. The van der Waals surface area contributed by atoms with E-state index in [0.29, 0.717) is 29.7 Å². The lowest BCUT2D eigenvalue weighted by Crippen LogP contribution is -2.30. The number of hydrogen-bond donors (Lipinski definition) is 3. The van der Waals surface area contributed by atoms with Gasteiger partial charge in [0.2, 0.25) is 6.41 Å². The Morgan fingerprint density at radius 2 is 1.83 bits per heavy atom. The molecule has 0 unspecified atom stereocenters. The van der Waals surface area contributed by atoms with E-state index >= 15 is 0 Å². The lowest BCUT2D eigenvalue weighted by Gasteiger charge is -2.25. The van der Waals surface area contributed by atoms with Crippen LogP contribution in [-0.4, -0.2) is 54.4 Å². The Kier molecular flexibility index (Phi) is 9.98. The van der Waals surface area contributed by atoms with Crippen LogP contribution in [0.4, 0.5) is 11.5 Å². The monoisotopic (exact) mass is 485 g/mol. The summed E-state index contributed by atoms with van der Waals surface area (Å²) in [5, 5.41) is 25.3. The molecule has 3 N–H and O–H groups in total. The summed E-state index contributed by atoms with van der Waals surface area (Å²) in [6.45, 7) is 3.38. The number of anilines is 2. The average Bonchev–Trinajstić information content (AvgIpc) is 2.93. The number of piperidine rings is 1. The Balaban J connectivity index is 0.000000303. The van der Waals surface area contributed by atoms with Gasteiger partial charge in [0.25, 0.3) is 0 Å². The van der Waals surface area contributed by atoms with Crippen LogP contribution in [-0.2, 0) is 9.59 Å². The molecule has 1 aromatic heterocycles. The van der Waals surface area contributed by atoms with Gasteiger partial charge in [0.1, 0.15) is 23.7 Å². The van der Waals surface area contributed by atoms with Crippen LogP contribution in [0.3, 0.4) is 0 Å². The highest BCUT2D eigenvalue weighted by atomic mass is 16.3. The van der Waals surface area contributed by atoms with Gasteiger partial charge in [0, 0.05) is 36.8 Å². The van der Waals surface area contributed by atoms with Gasteiger partial charge in [-0.1, -0.05) is 30.7 Å². The van der Waals surface area contributed by atoms with Crippen molar-refractivity contribution in [3.05, 3.63) is 60.2 Å². The van der Waals surface area contributed by atoms with Crippen LogP contribution in [0.1, 0.15) is 31.2 Å². The molecule has 2 aromatic carbocycles. The van der Waals surface area contributed by atoms with Crippen LogP contribution in [0.15, 0.2) is 54.6 Å². The number of benzene rings is 2. The van der Waals surface area contributed by atoms with Gasteiger partial charge in [-0.25, -0.2) is 4.98 Å². The SMILES string of the molecule is CNc1cccc(-c2cc(-c3ccccc3O)nc(NC=O)c2C#N)c1.O=CCCN1CCCCC1. The van der Waals surface area contributed by atoms with E-state index in [-0.39, 0.29) is 17.1 Å². The topological polar surface area (TPSA) is 118 Å². The molecule has 1 aliphatic rings. The fourth-order valence-corrected chi connectivity index (χ4v) is 4.13. The van der Waals surface area contributed by atoms with Crippen molar-refractivity contribution in [3.8, 4) is 34.2 Å². The number of nitrogens with one attached hydrogen (secondary N) is 2. The maximum atomic E-state index is 11.0. The Morgan fingerprint density at radius 1 is 1.06 bits per heavy atom. The molecule has 1 saturated heterocycles. The van der Waals surface area contributed by atoms with Gasteiger partial charge in [-0.3, -0.25) is 4.79 Å². The van der Waals surface area contributed by atoms with Crippen LogP contribution in [0, 0.1) is 11.3 Å². The molecule has 8 nitrogen and oxygen atoms in total. The summed E-state index contributed by atoms with van der Waals surface area (Å²) >= 11 is 0. The average molecular weight is 486 g/mol. The van der Waals surface area contributed by atoms with Gasteiger partial charge >= 0.3 is 0 Å². The summed E-state index contributed by atoms with van der Waals surface area (Å²) in [5.41, 5.74) is 3.51. The number of phenolic OH excluding ortho intramolecular Hbond substituents is 1. The molecule has 36 heavy (non-hydrogen) atoms. The van der Waals surface area contributed by atoms with E-state index in [1.807, 2.05) is 31.3 Å². The van der Waals surface area contributed by atoms with Gasteiger partial charge in [0.05, 0.1) is 5.69 Å². The molecule has 1 fully saturated rings. The third-order valence-electron chi connectivity index (χ3n) is 5.98.